The summed E-state index contributed by atoms with van der Waals surface area (Å²) in [6.45, 7) is 26.8. The molecule has 0 aromatic rings. The van der Waals surface area contributed by atoms with Crippen LogP contribution in [-0.4, -0.2) is 249 Å². The lowest BCUT2D eigenvalue weighted by Crippen LogP contribution is -2.58. The van der Waals surface area contributed by atoms with Gasteiger partial charge in [-0.15, -0.1) is 0 Å². The molecule has 131 heavy (non-hydrogen) atoms. The van der Waals surface area contributed by atoms with Crippen LogP contribution in [0.2, 0.25) is 0 Å². The molecule has 2 aliphatic carbocycles. The highest BCUT2D eigenvalue weighted by Crippen LogP contribution is 2.49. The van der Waals surface area contributed by atoms with E-state index in [1.54, 1.807) is 71.1 Å². The topological polar surface area (TPSA) is 505 Å². The van der Waals surface area contributed by atoms with Gasteiger partial charge >= 0.3 is 24.2 Å². The number of fused-ring (bicyclic) bond motifs is 6. The van der Waals surface area contributed by atoms with Gasteiger partial charge in [0.15, 0.2) is 18.0 Å². The van der Waals surface area contributed by atoms with Crippen LogP contribution < -0.4 is 65.1 Å². The number of allylic oxidation sites excluding steroid dienone is 8. The van der Waals surface area contributed by atoms with Crippen LogP contribution in [0.1, 0.15) is 212 Å². The summed E-state index contributed by atoms with van der Waals surface area (Å²) in [7, 11) is 7.14. The van der Waals surface area contributed by atoms with Gasteiger partial charge in [-0.05, 0) is 181 Å². The summed E-state index contributed by atoms with van der Waals surface area (Å²) < 4.78 is 43.4. The van der Waals surface area contributed by atoms with Crippen LogP contribution in [0.4, 0.5) is 19.2 Å². The number of thioether (sulfide) groups is 2. The minimum atomic E-state index is -1.01. The van der Waals surface area contributed by atoms with E-state index in [4.69, 9.17) is 55.1 Å². The number of unbranched alkanes of at least 4 members (excludes halogenated alkanes) is 6. The number of carbonyl (C=O) groups excluding carboxylic acids is 12. The average Bonchev–Trinajstić information content (AvgIpc) is 1.58. The van der Waals surface area contributed by atoms with Gasteiger partial charge in [-0.3, -0.25) is 38.4 Å². The maximum absolute atomic E-state index is 14.0. The Labute approximate surface area is 781 Å². The van der Waals surface area contributed by atoms with Crippen molar-refractivity contribution in [2.45, 2.75) is 293 Å². The number of ketones is 4. The number of carbonyl (C=O) groups is 12. The summed E-state index contributed by atoms with van der Waals surface area (Å²) in [5.74, 6) is -2.68. The number of urea groups is 2. The second-order valence-corrected chi connectivity index (χ2v) is 38.6. The van der Waals surface area contributed by atoms with E-state index in [1.807, 2.05) is 37.4 Å². The first-order valence-electron chi connectivity index (χ1n) is 45.8. The van der Waals surface area contributed by atoms with E-state index in [9.17, 15) is 67.7 Å². The van der Waals surface area contributed by atoms with Gasteiger partial charge in [-0.1, -0.05) is 95.6 Å². The van der Waals surface area contributed by atoms with E-state index >= 15 is 0 Å². The van der Waals surface area contributed by atoms with E-state index in [0.717, 1.165) is 121 Å². The van der Waals surface area contributed by atoms with Gasteiger partial charge in [0.05, 0.1) is 70.8 Å². The fourth-order valence-electron chi connectivity index (χ4n) is 17.4. The van der Waals surface area contributed by atoms with Gasteiger partial charge in [0.2, 0.25) is 34.9 Å². The Bertz CT molecular complexity index is 4300. The zero-order valence-electron chi connectivity index (χ0n) is 79.8. The molecule has 732 valence electrons. The average molecular weight is 1870 g/mol. The fraction of sp³-hybridized carbons (Fsp3) is 0.663. The van der Waals surface area contributed by atoms with Crippen molar-refractivity contribution in [2.24, 2.45) is 40.9 Å². The third kappa shape index (κ3) is 32.1. The number of nitrogens with one attached hydrogen (secondary N) is 9. The number of rotatable bonds is 29. The molecule has 6 unspecified atom stereocenters. The molecule has 0 aromatic carbocycles. The number of ether oxygens (including phenoxy) is 8. The number of hydrogen-bond acceptors (Lipinski definition) is 26. The molecule has 17 N–H and O–H groups in total. The molecule has 34 nitrogen and oxygen atoms in total. The number of amides is 10. The zero-order chi connectivity index (χ0) is 97.1. The van der Waals surface area contributed by atoms with Gasteiger partial charge in [0.25, 0.3) is 11.8 Å². The van der Waals surface area contributed by atoms with E-state index < -0.39 is 108 Å². The van der Waals surface area contributed by atoms with Crippen molar-refractivity contribution < 1.29 is 106 Å². The third-order valence-electron chi connectivity index (χ3n) is 25.7. The quantitative estimate of drug-likeness (QED) is 0.0144. The molecule has 9 rings (SSSR count). The summed E-state index contributed by atoms with van der Waals surface area (Å²) in [5.41, 5.74) is 17.1. The molecular weight excluding hydrogens is 1730 g/mol. The number of Topliss-reactive ketones (excluding diaryl/α,β-unsaturated/α-hetero) is 2. The molecule has 7 heterocycles. The Morgan fingerprint density at radius 3 is 1.34 bits per heavy atom. The molecular formula is C95H148N12O22S2. The molecule has 5 fully saturated rings. The maximum Gasteiger partial charge on any atom is 0.405 e. The summed E-state index contributed by atoms with van der Waals surface area (Å²) >= 11 is 3.80. The standard InChI is InChI=1S/C45H68N6O10S.C29H40N2O9.C17H32N4O2S.C4H8O/c1-26-21-30-37(48-20-13-9-12-19-47-36(53)18-11-10-17-35-45(6)44(5,25-62-35)50-43(58)51-45)32(52)24-31(39(30)55)49-41(56)27(2)15-14-16-33(59-7)40(61-42(46)57)29(4)23-28(3)38(54)34(22-26)60-8;1-15-11-19-25(34)20(14-21(32)27(19)39-7)31-28(35)16(2)9-8-10-22(37-5)26(40-29(30)36)18(4)13-17(3)24(33)23(12-15)38-6;1-16-12-24-13(17(16,2)21-15(23)20-16)8-4-5-9-14(22)19-11-7-3-6-10-18;1-2-4-5-3-1/h14-16,23-24,26,28,33-35,38,40,48,54H,9-13,17-22,25H2,1-8H3,(H2,46,57)(H,47,53)(H,49,56)(H2,50,51,58);8-10,13-15,17,22-24,26,33H,11-12H2,1-7H3,(H2,30,36)(H,31,35);13H,3-12,18H2,1-2H3,(H,19,22)(H2,20,21,23);1-4H2/b16-14-,27-15+,29-23+;10-8-,16-9+,18-13+;;/t26-,28+,33+,34+,35?,38-,40+,44?,45?;15-,17+,22+,23+,24-,26+;;/m11../s1. The number of nitrogens with two attached hydrogens (primary N) is 3. The van der Waals surface area contributed by atoms with Crippen molar-refractivity contribution in [1.82, 2.24) is 47.9 Å². The molecule has 5 saturated heterocycles. The molecule has 10 amide bonds. The lowest BCUT2D eigenvalue weighted by molar-refractivity contribution is -0.122. The van der Waals surface area contributed by atoms with Crippen molar-refractivity contribution in [3.8, 4) is 0 Å². The number of hydrogen-bond donors (Lipinski definition) is 14. The molecule has 0 radical (unpaired) electrons. The smallest absolute Gasteiger partial charge is 0.405 e. The summed E-state index contributed by atoms with van der Waals surface area (Å²) in [6.07, 6.45) is 21.6. The lowest BCUT2D eigenvalue weighted by Gasteiger charge is -2.35. The monoisotopic (exact) mass is 1870 g/mol. The van der Waals surface area contributed by atoms with Crippen LogP contribution in [0.25, 0.3) is 0 Å². The van der Waals surface area contributed by atoms with E-state index in [2.05, 4.69) is 75.5 Å². The number of aliphatic hydroxyl groups excluding tert-OH is 2. The Morgan fingerprint density at radius 1 is 0.534 bits per heavy atom. The molecule has 18 atom stereocenters. The fourth-order valence-corrected chi connectivity index (χ4v) is 21.2. The summed E-state index contributed by atoms with van der Waals surface area (Å²) in [6, 6.07) is -0.173. The minimum Gasteiger partial charge on any atom is -0.492 e. The Balaban J connectivity index is 0.000000324. The predicted molar refractivity (Wildman–Crippen MR) is 503 cm³/mol. The van der Waals surface area contributed by atoms with Crippen LogP contribution in [0.15, 0.2) is 117 Å². The molecule has 4 bridgehead atoms. The highest BCUT2D eigenvalue weighted by atomic mass is 32.2. The first kappa shape index (κ1) is 111. The van der Waals surface area contributed by atoms with Crippen LogP contribution in [0.5, 0.6) is 0 Å². The van der Waals surface area contributed by atoms with Crippen molar-refractivity contribution in [3.63, 3.8) is 0 Å². The van der Waals surface area contributed by atoms with E-state index in [-0.39, 0.29) is 116 Å². The highest BCUT2D eigenvalue weighted by Gasteiger charge is 2.62. The Kier molecular flexibility index (Phi) is 45.5. The first-order chi connectivity index (χ1) is 62.1. The van der Waals surface area contributed by atoms with Gasteiger partial charge in [-0.25, -0.2) is 19.2 Å². The zero-order valence-corrected chi connectivity index (χ0v) is 81.4. The third-order valence-corrected chi connectivity index (χ3v) is 29.4. The molecule has 0 spiro atoms. The SMILES string of the molecule is C1CCOC1.CC12CSC(CCCCC(=O)NCCCCCN)C1(C)NC(=O)N2.COC1=C2C[C@@H](C)C[C@H](OC)[C@H](O)[C@@H](C)/C=C(\C)[C@H](OC(N)=O)[C@@H](OC)/C=C\C=C(/C)C(=O)NC(=CC1=O)C2=O.CO[C@H]1/C=C\C=C(/C)C(=O)NC2=CC(=O)C(NCCCCCNC(=O)CCCCC3SCC4(C)NC(=O)NC34C)=C(C[C@@H](C)C[C@H](OC)[C@H](O)[C@@H](C)/C=C(\C)[C@@H]1OC(N)=O)C2=O. The second-order valence-electron chi connectivity index (χ2n) is 36.2. The molecule has 7 aliphatic heterocycles. The number of aliphatic hydroxyl groups is 2. The molecule has 0 aromatic heterocycles. The van der Waals surface area contributed by atoms with Crippen molar-refractivity contribution >= 4 is 94.5 Å². The Hall–Kier alpha value is -8.98. The molecule has 9 aliphatic rings. The summed E-state index contributed by atoms with van der Waals surface area (Å²) in [4.78, 5) is 151. The van der Waals surface area contributed by atoms with E-state index in [0.29, 0.717) is 66.8 Å². The van der Waals surface area contributed by atoms with Crippen molar-refractivity contribution in [2.75, 3.05) is 86.4 Å². The summed E-state index contributed by atoms with van der Waals surface area (Å²) in [5, 5.41) is 50.0. The Morgan fingerprint density at radius 2 is 0.947 bits per heavy atom. The van der Waals surface area contributed by atoms with Gasteiger partial charge < -0.3 is 113 Å². The minimum absolute atomic E-state index is 0.00677. The number of primary amides is 2. The van der Waals surface area contributed by atoms with Gasteiger partial charge in [0, 0.05) is 142 Å². The predicted octanol–water partition coefficient (Wildman–Crippen LogP) is 9.09. The van der Waals surface area contributed by atoms with Crippen LogP contribution >= 0.6 is 23.5 Å². The lowest BCUT2D eigenvalue weighted by atomic mass is 9.79. The van der Waals surface area contributed by atoms with Crippen LogP contribution in [0, 0.1) is 23.7 Å². The normalized spacial score (nSPS) is 32.4. The van der Waals surface area contributed by atoms with E-state index in [1.165, 1.54) is 67.5 Å². The highest BCUT2D eigenvalue weighted by molar-refractivity contribution is 8.00. The maximum atomic E-state index is 14.0. The molecule has 0 saturated carbocycles. The van der Waals surface area contributed by atoms with Gasteiger partial charge in [-0.2, -0.15) is 23.5 Å². The number of methoxy groups -OCH3 is 5. The van der Waals surface area contributed by atoms with Crippen LogP contribution in [-0.2, 0) is 76.3 Å². The van der Waals surface area contributed by atoms with Gasteiger partial charge in [0.1, 0.15) is 12.2 Å². The molecule has 36 heteroatoms. The van der Waals surface area contributed by atoms with Crippen LogP contribution in [0.3, 0.4) is 0 Å². The second kappa shape index (κ2) is 53.8. The van der Waals surface area contributed by atoms with Crippen molar-refractivity contribution in [3.05, 3.63) is 117 Å². The largest absolute Gasteiger partial charge is 0.492 e. The first-order valence-corrected chi connectivity index (χ1v) is 47.9. The van der Waals surface area contributed by atoms with Crippen molar-refractivity contribution in [1.29, 1.82) is 0 Å².